The second-order valence-electron chi connectivity index (χ2n) is 4.98. The fraction of sp³-hybridized carbons (Fsp3) is 0.385. The Hall–Kier alpha value is -1.88. The van der Waals surface area contributed by atoms with Gasteiger partial charge >= 0.3 is 0 Å². The molecule has 1 aromatic carbocycles. The van der Waals surface area contributed by atoms with Crippen molar-refractivity contribution in [2.45, 2.75) is 25.8 Å². The Morgan fingerprint density at radius 3 is 2.83 bits per heavy atom. The molecule has 0 amide bonds. The number of nitrogens with two attached hydrogens (primary N) is 1. The zero-order valence-corrected chi connectivity index (χ0v) is 10.6. The normalized spacial score (nSPS) is 11.7. The molecule has 1 aromatic heterocycles. The highest BCUT2D eigenvalue weighted by atomic mass is 16.3. The quantitative estimate of drug-likeness (QED) is 0.716. The summed E-state index contributed by atoms with van der Waals surface area (Å²) in [5.74, 6) is 0.762. The highest BCUT2D eigenvalue weighted by Crippen LogP contribution is 2.24. The molecule has 0 aliphatic rings. The van der Waals surface area contributed by atoms with Crippen LogP contribution in [0.4, 0.5) is 11.5 Å². The number of aromatic nitrogens is 2. The maximum atomic E-state index is 9.04. The van der Waals surface area contributed by atoms with Gasteiger partial charge in [0.1, 0.15) is 12.1 Å². The Morgan fingerprint density at radius 2 is 2.11 bits per heavy atom. The number of hydrogen-bond acceptors (Lipinski definition) is 5. The number of fused-ring (bicyclic) bond motifs is 1. The van der Waals surface area contributed by atoms with Crippen molar-refractivity contribution in [3.05, 3.63) is 24.5 Å². The molecule has 96 valence electrons. The number of benzene rings is 1. The summed E-state index contributed by atoms with van der Waals surface area (Å²) in [6, 6.07) is 5.55. The topological polar surface area (TPSA) is 84.1 Å². The van der Waals surface area contributed by atoms with Gasteiger partial charge in [-0.05, 0) is 38.5 Å². The summed E-state index contributed by atoms with van der Waals surface area (Å²) in [7, 11) is 0. The van der Waals surface area contributed by atoms with Gasteiger partial charge in [-0.15, -0.1) is 0 Å². The summed E-state index contributed by atoms with van der Waals surface area (Å²) in [4.78, 5) is 8.46. The number of nitrogens with one attached hydrogen (secondary N) is 1. The van der Waals surface area contributed by atoms with Crippen LogP contribution in [0.1, 0.15) is 20.3 Å². The van der Waals surface area contributed by atoms with Crippen molar-refractivity contribution in [1.82, 2.24) is 9.97 Å². The highest BCUT2D eigenvalue weighted by molar-refractivity contribution is 5.90. The van der Waals surface area contributed by atoms with Crippen LogP contribution in [0, 0.1) is 0 Å². The Morgan fingerprint density at radius 1 is 1.33 bits per heavy atom. The van der Waals surface area contributed by atoms with Crippen LogP contribution in [-0.2, 0) is 0 Å². The van der Waals surface area contributed by atoms with Crippen LogP contribution in [0.15, 0.2) is 24.5 Å². The summed E-state index contributed by atoms with van der Waals surface area (Å²) in [5, 5.41) is 13.3. The lowest BCUT2D eigenvalue weighted by Crippen LogP contribution is -2.32. The van der Waals surface area contributed by atoms with Crippen molar-refractivity contribution < 1.29 is 5.11 Å². The second kappa shape index (κ2) is 4.78. The molecule has 0 unspecified atom stereocenters. The monoisotopic (exact) mass is 246 g/mol. The third-order valence-electron chi connectivity index (χ3n) is 2.85. The second-order valence-corrected chi connectivity index (χ2v) is 4.98. The molecule has 2 aromatic rings. The number of anilines is 2. The van der Waals surface area contributed by atoms with E-state index in [4.69, 9.17) is 10.8 Å². The SMILES string of the molecule is CC(C)(CCO)Nc1ncnc2cc(N)ccc12. The molecule has 0 saturated carbocycles. The zero-order chi connectivity index (χ0) is 13.2. The molecule has 0 fully saturated rings. The molecule has 1 heterocycles. The van der Waals surface area contributed by atoms with E-state index in [1.165, 1.54) is 6.33 Å². The van der Waals surface area contributed by atoms with Gasteiger partial charge < -0.3 is 16.2 Å². The predicted octanol–water partition coefficient (Wildman–Crippen LogP) is 1.78. The van der Waals surface area contributed by atoms with Gasteiger partial charge in [0.2, 0.25) is 0 Å². The van der Waals surface area contributed by atoms with E-state index in [0.29, 0.717) is 12.1 Å². The van der Waals surface area contributed by atoms with E-state index in [0.717, 1.165) is 16.7 Å². The average molecular weight is 246 g/mol. The van der Waals surface area contributed by atoms with Gasteiger partial charge in [0.25, 0.3) is 0 Å². The zero-order valence-electron chi connectivity index (χ0n) is 10.6. The molecule has 0 radical (unpaired) electrons. The first-order valence-electron chi connectivity index (χ1n) is 5.91. The first-order chi connectivity index (χ1) is 8.52. The van der Waals surface area contributed by atoms with E-state index < -0.39 is 0 Å². The van der Waals surface area contributed by atoms with Crippen molar-refractivity contribution in [3.8, 4) is 0 Å². The van der Waals surface area contributed by atoms with Crippen LogP contribution in [0.25, 0.3) is 10.9 Å². The van der Waals surface area contributed by atoms with Crippen LogP contribution in [0.5, 0.6) is 0 Å². The summed E-state index contributed by atoms with van der Waals surface area (Å²) >= 11 is 0. The molecule has 5 nitrogen and oxygen atoms in total. The lowest BCUT2D eigenvalue weighted by atomic mass is 10.0. The van der Waals surface area contributed by atoms with Gasteiger partial charge in [-0.25, -0.2) is 9.97 Å². The minimum Gasteiger partial charge on any atom is -0.399 e. The number of aliphatic hydroxyl groups is 1. The summed E-state index contributed by atoms with van der Waals surface area (Å²) in [6.45, 7) is 4.18. The first kappa shape index (κ1) is 12.6. The fourth-order valence-electron chi connectivity index (χ4n) is 1.84. The van der Waals surface area contributed by atoms with Gasteiger partial charge in [-0.3, -0.25) is 0 Å². The average Bonchev–Trinajstić information content (AvgIpc) is 2.28. The molecule has 0 aliphatic carbocycles. The minimum absolute atomic E-state index is 0.135. The maximum Gasteiger partial charge on any atom is 0.137 e. The lowest BCUT2D eigenvalue weighted by molar-refractivity contribution is 0.260. The van der Waals surface area contributed by atoms with Crippen LogP contribution in [0.3, 0.4) is 0 Å². The molecule has 0 atom stereocenters. The van der Waals surface area contributed by atoms with E-state index in [9.17, 15) is 0 Å². The summed E-state index contributed by atoms with van der Waals surface area (Å²) in [5.41, 5.74) is 7.00. The Balaban J connectivity index is 2.39. The Kier molecular flexibility index (Phi) is 3.34. The number of rotatable bonds is 4. The van der Waals surface area contributed by atoms with Crippen LogP contribution >= 0.6 is 0 Å². The van der Waals surface area contributed by atoms with Crippen LogP contribution < -0.4 is 11.1 Å². The molecule has 2 rings (SSSR count). The molecule has 5 heteroatoms. The van der Waals surface area contributed by atoms with Gasteiger partial charge in [0.05, 0.1) is 5.52 Å². The van der Waals surface area contributed by atoms with Crippen LogP contribution in [-0.4, -0.2) is 27.2 Å². The van der Waals surface area contributed by atoms with Gasteiger partial charge in [-0.1, -0.05) is 0 Å². The molecular weight excluding hydrogens is 228 g/mol. The molecule has 0 spiro atoms. The lowest BCUT2D eigenvalue weighted by Gasteiger charge is -2.26. The number of aliphatic hydroxyl groups excluding tert-OH is 1. The van der Waals surface area contributed by atoms with Crippen molar-refractivity contribution >= 4 is 22.4 Å². The molecule has 18 heavy (non-hydrogen) atoms. The van der Waals surface area contributed by atoms with Gasteiger partial charge in [0.15, 0.2) is 0 Å². The molecule has 0 bridgehead atoms. The highest BCUT2D eigenvalue weighted by Gasteiger charge is 2.18. The summed E-state index contributed by atoms with van der Waals surface area (Å²) < 4.78 is 0. The standard InChI is InChI=1S/C13H18N4O/c1-13(2,5-6-18)17-12-10-4-3-9(14)7-11(10)15-8-16-12/h3-4,7-8,18H,5-6,14H2,1-2H3,(H,15,16,17). The summed E-state index contributed by atoms with van der Waals surface area (Å²) in [6.07, 6.45) is 2.16. The molecular formula is C13H18N4O. The smallest absolute Gasteiger partial charge is 0.137 e. The third kappa shape index (κ3) is 2.68. The maximum absolute atomic E-state index is 9.04. The number of nitrogens with zero attached hydrogens (tertiary/aromatic N) is 2. The van der Waals surface area contributed by atoms with E-state index in [2.05, 4.69) is 15.3 Å². The van der Waals surface area contributed by atoms with Crippen LogP contribution in [0.2, 0.25) is 0 Å². The predicted molar refractivity (Wildman–Crippen MR) is 73.4 cm³/mol. The van der Waals surface area contributed by atoms with E-state index in [1.807, 2.05) is 32.0 Å². The molecule has 4 N–H and O–H groups in total. The molecule has 0 saturated heterocycles. The Bertz CT molecular complexity index is 554. The van der Waals surface area contributed by atoms with Crippen molar-refractivity contribution in [3.63, 3.8) is 0 Å². The largest absolute Gasteiger partial charge is 0.399 e. The minimum atomic E-state index is -0.225. The molecule has 0 aliphatic heterocycles. The van der Waals surface area contributed by atoms with Gasteiger partial charge in [-0.2, -0.15) is 0 Å². The van der Waals surface area contributed by atoms with E-state index in [1.54, 1.807) is 0 Å². The van der Waals surface area contributed by atoms with Gasteiger partial charge in [0, 0.05) is 23.2 Å². The Labute approximate surface area is 106 Å². The third-order valence-corrected chi connectivity index (χ3v) is 2.85. The number of nitrogen functional groups attached to an aromatic ring is 1. The van der Waals surface area contributed by atoms with Crippen molar-refractivity contribution in [2.75, 3.05) is 17.7 Å². The number of hydrogen-bond donors (Lipinski definition) is 3. The van der Waals surface area contributed by atoms with Crippen molar-refractivity contribution in [1.29, 1.82) is 0 Å². The van der Waals surface area contributed by atoms with E-state index in [-0.39, 0.29) is 12.1 Å². The fourth-order valence-corrected chi connectivity index (χ4v) is 1.84. The van der Waals surface area contributed by atoms with E-state index >= 15 is 0 Å². The van der Waals surface area contributed by atoms with Crippen molar-refractivity contribution in [2.24, 2.45) is 0 Å². The first-order valence-corrected chi connectivity index (χ1v) is 5.91.